The maximum Gasteiger partial charge on any atom is 0.0708 e. The van der Waals surface area contributed by atoms with Crippen LogP contribution >= 0.6 is 0 Å². The van der Waals surface area contributed by atoms with E-state index >= 15 is 0 Å². The fourth-order valence-corrected chi connectivity index (χ4v) is 3.14. The molecule has 1 unspecified atom stereocenters. The van der Waals surface area contributed by atoms with Crippen molar-refractivity contribution in [2.75, 3.05) is 26.7 Å². The van der Waals surface area contributed by atoms with E-state index in [0.717, 1.165) is 30.2 Å². The van der Waals surface area contributed by atoms with Gasteiger partial charge in [0, 0.05) is 24.2 Å². The molecule has 2 heterocycles. The zero-order valence-corrected chi connectivity index (χ0v) is 12.4. The van der Waals surface area contributed by atoms with Gasteiger partial charge in [0.05, 0.1) is 5.52 Å². The lowest BCUT2D eigenvalue weighted by Crippen LogP contribution is -2.24. The van der Waals surface area contributed by atoms with Crippen LogP contribution in [0.4, 0.5) is 0 Å². The number of likely N-dealkylation sites (tertiary alicyclic amines) is 1. The first-order valence-electron chi connectivity index (χ1n) is 7.47. The number of rotatable bonds is 4. The van der Waals surface area contributed by atoms with Gasteiger partial charge in [0.25, 0.3) is 0 Å². The Labute approximate surface area is 121 Å². The summed E-state index contributed by atoms with van der Waals surface area (Å²) in [5.41, 5.74) is 3.56. The van der Waals surface area contributed by atoms with Gasteiger partial charge in [-0.15, -0.1) is 0 Å². The number of aryl methyl sites for hydroxylation is 1. The molecule has 3 heteroatoms. The highest BCUT2D eigenvalue weighted by Gasteiger charge is 2.18. The lowest BCUT2D eigenvalue weighted by molar-refractivity contribution is 0.388. The quantitative estimate of drug-likeness (QED) is 0.924. The van der Waals surface area contributed by atoms with Crippen LogP contribution in [0.1, 0.15) is 17.7 Å². The second-order valence-electron chi connectivity index (χ2n) is 5.99. The standard InChI is InChI=1S/C17H23N3/c1-13-9-15(16-5-3-4-6-17(16)19-13)11-18-10-14-7-8-20(2)12-14/h3-6,9,14,18H,7-8,10-12H2,1-2H3. The number of hydrogen-bond donors (Lipinski definition) is 1. The molecule has 0 bridgehead atoms. The first-order chi connectivity index (χ1) is 9.72. The van der Waals surface area contributed by atoms with Crippen molar-refractivity contribution < 1.29 is 0 Å². The monoisotopic (exact) mass is 269 g/mol. The topological polar surface area (TPSA) is 28.2 Å². The van der Waals surface area contributed by atoms with E-state index in [9.17, 15) is 0 Å². The van der Waals surface area contributed by atoms with Crippen molar-refractivity contribution in [2.24, 2.45) is 5.92 Å². The largest absolute Gasteiger partial charge is 0.312 e. The first-order valence-corrected chi connectivity index (χ1v) is 7.47. The fourth-order valence-electron chi connectivity index (χ4n) is 3.14. The van der Waals surface area contributed by atoms with Gasteiger partial charge in [-0.1, -0.05) is 18.2 Å². The predicted octanol–water partition coefficient (Wildman–Crippen LogP) is 2.58. The third-order valence-electron chi connectivity index (χ3n) is 4.17. The molecule has 1 aliphatic heterocycles. The minimum absolute atomic E-state index is 0.800. The molecule has 1 aromatic carbocycles. The highest BCUT2D eigenvalue weighted by molar-refractivity contribution is 5.82. The summed E-state index contributed by atoms with van der Waals surface area (Å²) in [4.78, 5) is 7.01. The third-order valence-corrected chi connectivity index (χ3v) is 4.17. The number of nitrogens with one attached hydrogen (secondary N) is 1. The van der Waals surface area contributed by atoms with Crippen LogP contribution in [0.25, 0.3) is 10.9 Å². The molecular formula is C17H23N3. The number of pyridine rings is 1. The van der Waals surface area contributed by atoms with E-state index in [2.05, 4.69) is 59.5 Å². The van der Waals surface area contributed by atoms with Crippen LogP contribution in [-0.2, 0) is 6.54 Å². The van der Waals surface area contributed by atoms with Gasteiger partial charge in [-0.25, -0.2) is 0 Å². The Bertz CT molecular complexity index is 594. The Morgan fingerprint density at radius 3 is 3.00 bits per heavy atom. The summed E-state index contributed by atoms with van der Waals surface area (Å²) in [5.74, 6) is 0.800. The van der Waals surface area contributed by atoms with E-state index < -0.39 is 0 Å². The molecule has 2 aromatic rings. The van der Waals surface area contributed by atoms with Crippen LogP contribution in [0, 0.1) is 12.8 Å². The average Bonchev–Trinajstić information content (AvgIpc) is 2.84. The van der Waals surface area contributed by atoms with Crippen LogP contribution in [0.3, 0.4) is 0 Å². The van der Waals surface area contributed by atoms with Gasteiger partial charge in [0.15, 0.2) is 0 Å². The van der Waals surface area contributed by atoms with Crippen LogP contribution in [0.15, 0.2) is 30.3 Å². The number of nitrogens with zero attached hydrogens (tertiary/aromatic N) is 2. The number of fused-ring (bicyclic) bond motifs is 1. The maximum atomic E-state index is 4.60. The molecule has 106 valence electrons. The van der Waals surface area contributed by atoms with Gasteiger partial charge >= 0.3 is 0 Å². The van der Waals surface area contributed by atoms with Gasteiger partial charge in [-0.2, -0.15) is 0 Å². The Morgan fingerprint density at radius 2 is 2.20 bits per heavy atom. The van der Waals surface area contributed by atoms with Gasteiger partial charge in [0.2, 0.25) is 0 Å². The summed E-state index contributed by atoms with van der Waals surface area (Å²) >= 11 is 0. The zero-order chi connectivity index (χ0) is 13.9. The second-order valence-corrected chi connectivity index (χ2v) is 5.99. The average molecular weight is 269 g/mol. The van der Waals surface area contributed by atoms with Crippen molar-refractivity contribution in [3.8, 4) is 0 Å². The summed E-state index contributed by atoms with van der Waals surface area (Å²) in [5, 5.41) is 4.90. The normalized spacial score (nSPS) is 19.8. The van der Waals surface area contributed by atoms with E-state index in [1.54, 1.807) is 0 Å². The van der Waals surface area contributed by atoms with E-state index in [-0.39, 0.29) is 0 Å². The van der Waals surface area contributed by atoms with Crippen molar-refractivity contribution in [1.29, 1.82) is 0 Å². The van der Waals surface area contributed by atoms with Crippen LogP contribution in [-0.4, -0.2) is 36.6 Å². The fraction of sp³-hybridized carbons (Fsp3) is 0.471. The predicted molar refractivity (Wildman–Crippen MR) is 83.8 cm³/mol. The van der Waals surface area contributed by atoms with Gasteiger partial charge in [0.1, 0.15) is 0 Å². The zero-order valence-electron chi connectivity index (χ0n) is 12.4. The number of benzene rings is 1. The van der Waals surface area contributed by atoms with Crippen molar-refractivity contribution in [3.05, 3.63) is 41.6 Å². The van der Waals surface area contributed by atoms with E-state index in [0.29, 0.717) is 0 Å². The molecule has 0 amide bonds. The van der Waals surface area contributed by atoms with Gasteiger partial charge < -0.3 is 10.2 Å². The molecule has 1 fully saturated rings. The van der Waals surface area contributed by atoms with E-state index in [4.69, 9.17) is 0 Å². The Balaban J connectivity index is 1.68. The molecule has 20 heavy (non-hydrogen) atoms. The minimum Gasteiger partial charge on any atom is -0.312 e. The smallest absolute Gasteiger partial charge is 0.0708 e. The minimum atomic E-state index is 0.800. The summed E-state index contributed by atoms with van der Waals surface area (Å²) in [7, 11) is 2.21. The molecule has 1 aliphatic rings. The highest BCUT2D eigenvalue weighted by atomic mass is 15.1. The molecule has 1 aromatic heterocycles. The highest BCUT2D eigenvalue weighted by Crippen LogP contribution is 2.18. The molecular weight excluding hydrogens is 246 g/mol. The summed E-state index contributed by atoms with van der Waals surface area (Å²) < 4.78 is 0. The molecule has 0 spiro atoms. The van der Waals surface area contributed by atoms with Gasteiger partial charge in [-0.05, 0) is 57.1 Å². The van der Waals surface area contributed by atoms with Crippen molar-refractivity contribution in [1.82, 2.24) is 15.2 Å². The molecule has 1 atom stereocenters. The lowest BCUT2D eigenvalue weighted by Gasteiger charge is -2.13. The Kier molecular flexibility index (Phi) is 3.99. The van der Waals surface area contributed by atoms with Crippen LogP contribution in [0.5, 0.6) is 0 Å². The molecule has 3 rings (SSSR count). The molecule has 3 nitrogen and oxygen atoms in total. The summed E-state index contributed by atoms with van der Waals surface area (Å²) in [6, 6.07) is 10.6. The Hall–Kier alpha value is -1.45. The number of para-hydroxylation sites is 1. The maximum absolute atomic E-state index is 4.60. The third kappa shape index (κ3) is 3.00. The van der Waals surface area contributed by atoms with E-state index in [1.165, 1.54) is 30.5 Å². The second kappa shape index (κ2) is 5.90. The molecule has 0 aliphatic carbocycles. The number of aromatic nitrogens is 1. The van der Waals surface area contributed by atoms with E-state index in [1.807, 2.05) is 0 Å². The Morgan fingerprint density at radius 1 is 1.35 bits per heavy atom. The summed E-state index contributed by atoms with van der Waals surface area (Å²) in [6.07, 6.45) is 1.32. The van der Waals surface area contributed by atoms with Gasteiger partial charge in [-0.3, -0.25) is 4.98 Å². The molecule has 0 saturated carbocycles. The van der Waals surface area contributed by atoms with Crippen LogP contribution in [0.2, 0.25) is 0 Å². The summed E-state index contributed by atoms with van der Waals surface area (Å²) in [6.45, 7) is 6.58. The molecule has 0 radical (unpaired) electrons. The van der Waals surface area contributed by atoms with Crippen molar-refractivity contribution in [3.63, 3.8) is 0 Å². The SMILES string of the molecule is Cc1cc(CNCC2CCN(C)C2)c2ccccc2n1. The van der Waals surface area contributed by atoms with Crippen LogP contribution < -0.4 is 5.32 Å². The number of hydrogen-bond acceptors (Lipinski definition) is 3. The first kappa shape index (κ1) is 13.5. The van der Waals surface area contributed by atoms with Crippen molar-refractivity contribution >= 4 is 10.9 Å². The molecule has 1 N–H and O–H groups in total. The van der Waals surface area contributed by atoms with Crippen molar-refractivity contribution in [2.45, 2.75) is 19.9 Å². The molecule has 1 saturated heterocycles. The lowest BCUT2D eigenvalue weighted by atomic mass is 10.1.